The van der Waals surface area contributed by atoms with Gasteiger partial charge in [-0.25, -0.2) is 14.2 Å². The number of nitrogens with zero attached hydrogens (tertiary/aromatic N) is 4. The Bertz CT molecular complexity index is 1380. The minimum atomic E-state index is -0.537. The highest BCUT2D eigenvalue weighted by Crippen LogP contribution is 2.44. The second-order valence-corrected chi connectivity index (χ2v) is 10.3. The van der Waals surface area contributed by atoms with Crippen LogP contribution in [0, 0.1) is 5.82 Å². The van der Waals surface area contributed by atoms with Crippen molar-refractivity contribution in [2.75, 3.05) is 28.2 Å². The largest absolute Gasteiger partial charge is 0.484 e. The van der Waals surface area contributed by atoms with Gasteiger partial charge < -0.3 is 20.1 Å². The highest BCUT2D eigenvalue weighted by molar-refractivity contribution is 6.34. The molecule has 5 heterocycles. The molecule has 8 nitrogen and oxygen atoms in total. The maximum absolute atomic E-state index is 14.3. The third-order valence-electron chi connectivity index (χ3n) is 7.13. The monoisotopic (exact) mass is 543 g/mol. The van der Waals surface area contributed by atoms with E-state index in [1.54, 1.807) is 30.6 Å². The van der Waals surface area contributed by atoms with Crippen LogP contribution in [0.15, 0.2) is 36.7 Å². The summed E-state index contributed by atoms with van der Waals surface area (Å²) in [6.45, 7) is 1.45. The number of hydrogen-bond acceptors (Lipinski definition) is 6. The van der Waals surface area contributed by atoms with Crippen molar-refractivity contribution in [3.63, 3.8) is 0 Å². The summed E-state index contributed by atoms with van der Waals surface area (Å²) in [4.78, 5) is 25.5. The molecule has 2 N–H and O–H groups in total. The van der Waals surface area contributed by atoms with E-state index in [-0.39, 0.29) is 24.4 Å². The van der Waals surface area contributed by atoms with Crippen LogP contribution in [0.5, 0.6) is 5.75 Å². The number of aliphatic hydroxyl groups excluding tert-OH is 1. The van der Waals surface area contributed by atoms with Crippen LogP contribution in [0.4, 0.5) is 26.4 Å². The highest BCUT2D eigenvalue weighted by atomic mass is 35.5. The van der Waals surface area contributed by atoms with E-state index in [0.29, 0.717) is 71.8 Å². The Balaban J connectivity index is 1.31. The number of ether oxygens (including phenoxy) is 1. The van der Waals surface area contributed by atoms with Gasteiger partial charge >= 0.3 is 6.03 Å². The molecule has 11 heteroatoms. The molecule has 0 radical (unpaired) electrons. The Morgan fingerprint density at radius 2 is 1.95 bits per heavy atom. The van der Waals surface area contributed by atoms with E-state index in [1.807, 2.05) is 0 Å². The molecule has 0 spiro atoms. The average Bonchev–Trinajstić information content (AvgIpc) is 2.89. The number of pyridine rings is 2. The number of nitrogens with one attached hydrogen (secondary N) is 1. The molecular weight excluding hydrogens is 520 g/mol. The summed E-state index contributed by atoms with van der Waals surface area (Å²) in [7, 11) is 0. The molecule has 0 aliphatic carbocycles. The quantitative estimate of drug-likeness (QED) is 0.453. The zero-order chi connectivity index (χ0) is 25.7. The van der Waals surface area contributed by atoms with E-state index < -0.39 is 11.9 Å². The van der Waals surface area contributed by atoms with Crippen molar-refractivity contribution in [1.82, 2.24) is 9.97 Å². The van der Waals surface area contributed by atoms with Crippen LogP contribution in [0.2, 0.25) is 10.0 Å². The minimum Gasteiger partial charge on any atom is -0.484 e. The standard InChI is InChI=1S/C26H24Cl2FN5O3/c27-17-10-14-3-4-21(24-19(29)2-1-7-30-24)37-22(14)11-20(17)34-13-16-18(28)12-31-25(23(16)32-26(34)36)33-8-5-15(35)6-9-33/h1-2,7,10-12,15,21,35H,3-6,8-9,13H2,(H,32,36). The number of hydrogen-bond donors (Lipinski definition) is 2. The van der Waals surface area contributed by atoms with Crippen LogP contribution in [0.1, 0.15) is 42.2 Å². The third-order valence-corrected chi connectivity index (χ3v) is 7.76. The number of halogens is 3. The highest BCUT2D eigenvalue weighted by Gasteiger charge is 2.33. The van der Waals surface area contributed by atoms with Crippen LogP contribution >= 0.6 is 23.2 Å². The number of benzene rings is 1. The van der Waals surface area contributed by atoms with Crippen LogP contribution in [0.25, 0.3) is 0 Å². The first-order valence-corrected chi connectivity index (χ1v) is 12.9. The lowest BCUT2D eigenvalue weighted by Gasteiger charge is -2.36. The molecule has 1 unspecified atom stereocenters. The van der Waals surface area contributed by atoms with Gasteiger partial charge in [0.1, 0.15) is 23.4 Å². The maximum atomic E-state index is 14.3. The number of aliphatic hydroxyl groups is 1. The van der Waals surface area contributed by atoms with Gasteiger partial charge in [0.2, 0.25) is 0 Å². The summed E-state index contributed by atoms with van der Waals surface area (Å²) in [5.41, 5.74) is 2.89. The summed E-state index contributed by atoms with van der Waals surface area (Å²) in [6, 6.07) is 6.04. The number of carbonyl (C=O) groups is 1. The van der Waals surface area contributed by atoms with Gasteiger partial charge in [0.25, 0.3) is 0 Å². The smallest absolute Gasteiger partial charge is 0.326 e. The number of aryl methyl sites for hydroxylation is 1. The number of carbonyl (C=O) groups excluding carboxylic acids is 1. The number of anilines is 3. The van der Waals surface area contributed by atoms with Crippen LogP contribution in [-0.4, -0.2) is 40.3 Å². The van der Waals surface area contributed by atoms with Crippen LogP contribution in [0.3, 0.4) is 0 Å². The fourth-order valence-electron chi connectivity index (χ4n) is 5.14. The summed E-state index contributed by atoms with van der Waals surface area (Å²) in [6.07, 6.45) is 4.72. The van der Waals surface area contributed by atoms with Gasteiger partial charge in [-0.15, -0.1) is 0 Å². The predicted octanol–water partition coefficient (Wildman–Crippen LogP) is 5.50. The van der Waals surface area contributed by atoms with E-state index in [9.17, 15) is 14.3 Å². The fourth-order valence-corrected chi connectivity index (χ4v) is 5.63. The number of piperidine rings is 1. The zero-order valence-corrected chi connectivity index (χ0v) is 21.3. The summed E-state index contributed by atoms with van der Waals surface area (Å²) in [5.74, 6) is 0.756. The molecule has 3 aliphatic rings. The molecule has 2 aromatic heterocycles. The molecule has 3 aromatic rings. The summed E-state index contributed by atoms with van der Waals surface area (Å²) in [5, 5.41) is 13.7. The van der Waals surface area contributed by atoms with Crippen molar-refractivity contribution < 1.29 is 19.0 Å². The van der Waals surface area contributed by atoms with Crippen molar-refractivity contribution in [2.45, 2.75) is 44.4 Å². The number of aromatic nitrogens is 2. The topological polar surface area (TPSA) is 90.8 Å². The van der Waals surface area contributed by atoms with Gasteiger partial charge in [0.15, 0.2) is 5.82 Å². The summed E-state index contributed by atoms with van der Waals surface area (Å²) >= 11 is 13.2. The van der Waals surface area contributed by atoms with Crippen molar-refractivity contribution >= 4 is 46.4 Å². The normalized spacial score (nSPS) is 19.7. The van der Waals surface area contributed by atoms with Gasteiger partial charge in [-0.2, -0.15) is 0 Å². The zero-order valence-electron chi connectivity index (χ0n) is 19.8. The molecule has 37 heavy (non-hydrogen) atoms. The lowest BCUT2D eigenvalue weighted by atomic mass is 9.99. The van der Waals surface area contributed by atoms with E-state index in [2.05, 4.69) is 20.2 Å². The molecule has 0 bridgehead atoms. The molecule has 1 fully saturated rings. The van der Waals surface area contributed by atoms with Gasteiger partial charge in [0, 0.05) is 37.1 Å². The lowest BCUT2D eigenvalue weighted by Crippen LogP contribution is -2.42. The van der Waals surface area contributed by atoms with E-state index >= 15 is 0 Å². The number of rotatable bonds is 3. The van der Waals surface area contributed by atoms with Crippen LogP contribution in [-0.2, 0) is 13.0 Å². The summed E-state index contributed by atoms with van der Waals surface area (Å²) < 4.78 is 20.5. The van der Waals surface area contributed by atoms with Crippen molar-refractivity contribution in [3.8, 4) is 5.75 Å². The molecule has 2 amide bonds. The number of fused-ring (bicyclic) bond motifs is 2. The molecule has 1 aromatic carbocycles. The maximum Gasteiger partial charge on any atom is 0.326 e. The lowest BCUT2D eigenvalue weighted by molar-refractivity contribution is 0.145. The van der Waals surface area contributed by atoms with Crippen LogP contribution < -0.4 is 19.9 Å². The Labute approximate surface area is 223 Å². The van der Waals surface area contributed by atoms with Crippen molar-refractivity contribution in [2.24, 2.45) is 0 Å². The first-order valence-electron chi connectivity index (χ1n) is 12.2. The average molecular weight is 544 g/mol. The van der Waals surface area contributed by atoms with E-state index in [1.165, 1.54) is 11.0 Å². The minimum absolute atomic E-state index is 0.183. The third kappa shape index (κ3) is 4.45. The molecule has 0 saturated carbocycles. The Morgan fingerprint density at radius 1 is 1.14 bits per heavy atom. The second-order valence-electron chi connectivity index (χ2n) is 9.44. The molecule has 6 rings (SSSR count). The Kier molecular flexibility index (Phi) is 6.30. The van der Waals surface area contributed by atoms with Gasteiger partial charge in [-0.1, -0.05) is 23.2 Å². The fraction of sp³-hybridized carbons (Fsp3) is 0.346. The first kappa shape index (κ1) is 24.2. The second kappa shape index (κ2) is 9.63. The Morgan fingerprint density at radius 3 is 2.73 bits per heavy atom. The molecule has 3 aliphatic heterocycles. The first-order chi connectivity index (χ1) is 17.9. The van der Waals surface area contributed by atoms with Crippen molar-refractivity contribution in [3.05, 3.63) is 69.3 Å². The van der Waals surface area contributed by atoms with Gasteiger partial charge in [-0.3, -0.25) is 9.88 Å². The van der Waals surface area contributed by atoms with Gasteiger partial charge in [0.05, 0.1) is 34.1 Å². The molecule has 1 atom stereocenters. The molecule has 192 valence electrons. The number of urea groups is 1. The van der Waals surface area contributed by atoms with Crippen molar-refractivity contribution in [1.29, 1.82) is 0 Å². The van der Waals surface area contributed by atoms with E-state index in [4.69, 9.17) is 27.9 Å². The molecular formula is C26H24Cl2FN5O3. The molecule has 1 saturated heterocycles. The number of amides is 2. The Hall–Kier alpha value is -3.14. The van der Waals surface area contributed by atoms with Gasteiger partial charge in [-0.05, 0) is 49.4 Å². The predicted molar refractivity (Wildman–Crippen MR) is 139 cm³/mol. The SMILES string of the molecule is O=C1Nc2c(N3CCC(O)CC3)ncc(Cl)c2CN1c1cc2c(cc1Cl)CCC(c1ncccc1F)O2. The van der Waals surface area contributed by atoms with E-state index in [0.717, 1.165) is 11.1 Å².